The van der Waals surface area contributed by atoms with Crippen LogP contribution in [-0.4, -0.2) is 5.91 Å². The van der Waals surface area contributed by atoms with Gasteiger partial charge < -0.3 is 0 Å². The van der Waals surface area contributed by atoms with E-state index in [1.54, 1.807) is 0 Å². The van der Waals surface area contributed by atoms with Gasteiger partial charge in [-0.05, 0) is 11.6 Å². The zero-order valence-corrected chi connectivity index (χ0v) is 8.37. The first-order valence-electron chi connectivity index (χ1n) is 3.96. The molecule has 0 spiro atoms. The molecule has 68 valence electrons. The first kappa shape index (κ1) is 8.72. The van der Waals surface area contributed by atoms with Crippen LogP contribution in [0.4, 0.5) is 0 Å². The van der Waals surface area contributed by atoms with Gasteiger partial charge in [0, 0.05) is 4.47 Å². The van der Waals surface area contributed by atoms with Crippen molar-refractivity contribution in [1.29, 1.82) is 0 Å². The Morgan fingerprint density at radius 3 is 2.85 bits per heavy atom. The summed E-state index contributed by atoms with van der Waals surface area (Å²) in [6.45, 7) is 0. The lowest BCUT2D eigenvalue weighted by Gasteiger charge is -2.08. The van der Waals surface area contributed by atoms with Crippen LogP contribution in [0, 0.1) is 0 Å². The molecule has 1 atom stereocenters. The minimum atomic E-state index is -0.164. The minimum Gasteiger partial charge on any atom is -0.273 e. The van der Waals surface area contributed by atoms with Gasteiger partial charge in [-0.15, -0.1) is 0 Å². The number of benzene rings is 1. The van der Waals surface area contributed by atoms with E-state index in [4.69, 9.17) is 4.84 Å². The minimum absolute atomic E-state index is 0.0687. The standard InChI is InChI=1S/C9H8BrNO2/c10-7-4-2-1-3-6(7)8-5-9(12)11-13-8/h1-4,8H,5H2,(H,11,12). The van der Waals surface area contributed by atoms with Crippen LogP contribution in [0.2, 0.25) is 0 Å². The molecule has 4 heteroatoms. The predicted octanol–water partition coefficient (Wildman–Crippen LogP) is 1.94. The molecule has 1 heterocycles. The zero-order chi connectivity index (χ0) is 9.26. The number of amides is 1. The van der Waals surface area contributed by atoms with Crippen LogP contribution in [-0.2, 0) is 9.63 Å². The molecule has 1 aliphatic heterocycles. The highest BCUT2D eigenvalue weighted by Gasteiger charge is 2.25. The monoisotopic (exact) mass is 241 g/mol. The lowest BCUT2D eigenvalue weighted by molar-refractivity contribution is -0.124. The number of nitrogens with one attached hydrogen (secondary N) is 1. The van der Waals surface area contributed by atoms with E-state index in [2.05, 4.69) is 21.4 Å². The first-order valence-corrected chi connectivity index (χ1v) is 4.75. The van der Waals surface area contributed by atoms with Gasteiger partial charge in [0.05, 0.1) is 6.42 Å². The Morgan fingerprint density at radius 1 is 1.46 bits per heavy atom. The quantitative estimate of drug-likeness (QED) is 0.817. The summed E-state index contributed by atoms with van der Waals surface area (Å²) in [5, 5.41) is 0. The van der Waals surface area contributed by atoms with E-state index in [0.717, 1.165) is 10.0 Å². The molecule has 1 amide bonds. The van der Waals surface area contributed by atoms with Gasteiger partial charge >= 0.3 is 0 Å². The van der Waals surface area contributed by atoms with Crippen LogP contribution in [0.5, 0.6) is 0 Å². The molecular formula is C9H8BrNO2. The van der Waals surface area contributed by atoms with Crippen molar-refractivity contribution in [2.75, 3.05) is 0 Å². The fourth-order valence-electron chi connectivity index (χ4n) is 1.30. The largest absolute Gasteiger partial charge is 0.273 e. The van der Waals surface area contributed by atoms with Crippen molar-refractivity contribution in [1.82, 2.24) is 5.48 Å². The van der Waals surface area contributed by atoms with E-state index >= 15 is 0 Å². The second kappa shape index (κ2) is 3.47. The van der Waals surface area contributed by atoms with Crippen LogP contribution in [0.25, 0.3) is 0 Å². The summed E-state index contributed by atoms with van der Waals surface area (Å²) in [6, 6.07) is 7.72. The van der Waals surface area contributed by atoms with Crippen molar-refractivity contribution >= 4 is 21.8 Å². The number of halogens is 1. The predicted molar refractivity (Wildman–Crippen MR) is 50.7 cm³/mol. The number of rotatable bonds is 1. The zero-order valence-electron chi connectivity index (χ0n) is 6.79. The van der Waals surface area contributed by atoms with Crippen molar-refractivity contribution in [2.45, 2.75) is 12.5 Å². The number of hydrogen-bond donors (Lipinski definition) is 1. The second-order valence-electron chi connectivity index (χ2n) is 2.86. The molecular weight excluding hydrogens is 234 g/mol. The molecule has 1 N–H and O–H groups in total. The molecule has 1 fully saturated rings. The number of carbonyl (C=O) groups is 1. The highest BCUT2D eigenvalue weighted by molar-refractivity contribution is 9.10. The van der Waals surface area contributed by atoms with Crippen molar-refractivity contribution in [3.05, 3.63) is 34.3 Å². The van der Waals surface area contributed by atoms with Crippen LogP contribution in [0.15, 0.2) is 28.7 Å². The summed E-state index contributed by atoms with van der Waals surface area (Å²) in [5.41, 5.74) is 3.34. The topological polar surface area (TPSA) is 38.3 Å². The van der Waals surface area contributed by atoms with Gasteiger partial charge in [0.1, 0.15) is 6.10 Å². The van der Waals surface area contributed by atoms with Crippen LogP contribution >= 0.6 is 15.9 Å². The molecule has 0 saturated carbocycles. The van der Waals surface area contributed by atoms with Gasteiger partial charge in [0.25, 0.3) is 0 Å². The third kappa shape index (κ3) is 1.73. The number of hydrogen-bond acceptors (Lipinski definition) is 2. The Balaban J connectivity index is 2.26. The fraction of sp³-hybridized carbons (Fsp3) is 0.222. The molecule has 1 aliphatic rings. The van der Waals surface area contributed by atoms with Crippen molar-refractivity contribution in [2.24, 2.45) is 0 Å². The number of carbonyl (C=O) groups excluding carboxylic acids is 1. The smallest absolute Gasteiger partial charge is 0.246 e. The molecule has 3 nitrogen and oxygen atoms in total. The average Bonchev–Trinajstić information content (AvgIpc) is 2.53. The molecule has 0 aromatic heterocycles. The highest BCUT2D eigenvalue weighted by Crippen LogP contribution is 2.29. The SMILES string of the molecule is O=C1CC(c2ccccc2Br)ON1. The molecule has 0 bridgehead atoms. The van der Waals surface area contributed by atoms with E-state index in [0.29, 0.717) is 6.42 Å². The van der Waals surface area contributed by atoms with Crippen LogP contribution in [0.3, 0.4) is 0 Å². The highest BCUT2D eigenvalue weighted by atomic mass is 79.9. The molecule has 0 radical (unpaired) electrons. The molecule has 2 rings (SSSR count). The molecule has 13 heavy (non-hydrogen) atoms. The maximum Gasteiger partial charge on any atom is 0.246 e. The van der Waals surface area contributed by atoms with Crippen molar-refractivity contribution in [3.63, 3.8) is 0 Å². The lowest BCUT2D eigenvalue weighted by Crippen LogP contribution is -2.11. The maximum atomic E-state index is 10.9. The first-order chi connectivity index (χ1) is 6.27. The summed E-state index contributed by atoms with van der Waals surface area (Å²) >= 11 is 3.41. The molecule has 1 aromatic rings. The Hall–Kier alpha value is -0.870. The summed E-state index contributed by atoms with van der Waals surface area (Å²) in [7, 11) is 0. The third-order valence-electron chi connectivity index (χ3n) is 1.94. The van der Waals surface area contributed by atoms with E-state index in [9.17, 15) is 4.79 Å². The van der Waals surface area contributed by atoms with Crippen LogP contribution in [0.1, 0.15) is 18.1 Å². The van der Waals surface area contributed by atoms with E-state index in [1.165, 1.54) is 0 Å². The van der Waals surface area contributed by atoms with E-state index in [1.807, 2.05) is 24.3 Å². The average molecular weight is 242 g/mol. The van der Waals surface area contributed by atoms with E-state index < -0.39 is 0 Å². The second-order valence-corrected chi connectivity index (χ2v) is 3.71. The fourth-order valence-corrected chi connectivity index (χ4v) is 1.84. The Bertz CT molecular complexity index is 340. The normalized spacial score (nSPS) is 21.6. The molecule has 1 unspecified atom stereocenters. The molecule has 1 saturated heterocycles. The van der Waals surface area contributed by atoms with Gasteiger partial charge in [-0.25, -0.2) is 5.48 Å². The van der Waals surface area contributed by atoms with Crippen molar-refractivity contribution in [3.8, 4) is 0 Å². The van der Waals surface area contributed by atoms with Gasteiger partial charge in [-0.2, -0.15) is 0 Å². The van der Waals surface area contributed by atoms with Gasteiger partial charge in [0.2, 0.25) is 5.91 Å². The van der Waals surface area contributed by atoms with Crippen LogP contribution < -0.4 is 5.48 Å². The van der Waals surface area contributed by atoms with Gasteiger partial charge in [0.15, 0.2) is 0 Å². The summed E-state index contributed by atoms with van der Waals surface area (Å²) in [5.74, 6) is -0.0687. The third-order valence-corrected chi connectivity index (χ3v) is 2.66. The molecule has 0 aliphatic carbocycles. The summed E-state index contributed by atoms with van der Waals surface area (Å²) < 4.78 is 0.969. The Morgan fingerprint density at radius 2 is 2.23 bits per heavy atom. The van der Waals surface area contributed by atoms with E-state index in [-0.39, 0.29) is 12.0 Å². The summed E-state index contributed by atoms with van der Waals surface area (Å²) in [4.78, 5) is 16.0. The number of hydroxylamine groups is 1. The molecule has 1 aromatic carbocycles. The maximum absolute atomic E-state index is 10.9. The Labute approximate surface area is 84.2 Å². The van der Waals surface area contributed by atoms with Crippen molar-refractivity contribution < 1.29 is 9.63 Å². The van der Waals surface area contributed by atoms with Gasteiger partial charge in [-0.1, -0.05) is 34.1 Å². The Kier molecular flexibility index (Phi) is 2.33. The lowest BCUT2D eigenvalue weighted by atomic mass is 10.1. The van der Waals surface area contributed by atoms with Gasteiger partial charge in [-0.3, -0.25) is 9.63 Å². The summed E-state index contributed by atoms with van der Waals surface area (Å²) in [6.07, 6.45) is 0.228.